The highest BCUT2D eigenvalue weighted by molar-refractivity contribution is 9.10. The quantitative estimate of drug-likeness (QED) is 0.479. The van der Waals surface area contributed by atoms with Crippen LogP contribution in [0.5, 0.6) is 0 Å². The van der Waals surface area contributed by atoms with Gasteiger partial charge >= 0.3 is 0 Å². The first-order valence-corrected chi connectivity index (χ1v) is 10.8. The van der Waals surface area contributed by atoms with Gasteiger partial charge in [-0.1, -0.05) is 49.9 Å². The van der Waals surface area contributed by atoms with Crippen molar-refractivity contribution in [3.05, 3.63) is 93.6 Å². The lowest BCUT2D eigenvalue weighted by Gasteiger charge is -2.15. The molecule has 0 fully saturated rings. The number of aliphatic imine (C=N–C) groups is 1. The Balaban J connectivity index is 0.00000289. The number of carbonyl (C=O) groups is 2. The van der Waals surface area contributed by atoms with Crippen molar-refractivity contribution < 1.29 is 9.59 Å². The van der Waals surface area contributed by atoms with E-state index < -0.39 is 0 Å². The van der Waals surface area contributed by atoms with Crippen LogP contribution in [0.2, 0.25) is 0 Å². The smallest absolute Gasteiger partial charge is 0.257 e. The number of benzene rings is 2. The Kier molecular flexibility index (Phi) is 7.89. The van der Waals surface area contributed by atoms with Crippen molar-refractivity contribution in [2.24, 2.45) is 4.99 Å². The molecule has 6 nitrogen and oxygen atoms in total. The molecule has 0 radical (unpaired) electrons. The number of amidine groups is 1. The fraction of sp³-hybridized carbons (Fsp3) is 0.200. The SMILES string of the molecule is C.O=C(Cc1ccccc1C(=O)Nc1ccc(Br)cn1)c1ccc(C2=NCCCN2)cc1. The van der Waals surface area contributed by atoms with Crippen molar-refractivity contribution >= 4 is 39.3 Å². The Labute approximate surface area is 196 Å². The van der Waals surface area contributed by atoms with E-state index in [9.17, 15) is 9.59 Å². The van der Waals surface area contributed by atoms with Gasteiger partial charge in [0.2, 0.25) is 0 Å². The molecule has 0 bridgehead atoms. The largest absolute Gasteiger partial charge is 0.370 e. The standard InChI is InChI=1S/C24H21BrN4O2.CH4/c25-19-10-11-22(28-15-19)29-24(31)20-5-2-1-4-18(20)14-21(30)16-6-8-17(9-7-16)23-26-12-3-13-27-23;/h1-2,4-11,15H,3,12-14H2,(H,26,27)(H,28,29,31);1H4. The first kappa shape index (κ1) is 23.3. The number of Topliss-reactive ketones (excluding diaryl/α,β-unsaturated/α-hetero) is 1. The number of nitrogens with zero attached hydrogens (tertiary/aromatic N) is 2. The molecule has 7 heteroatoms. The van der Waals surface area contributed by atoms with E-state index in [1.807, 2.05) is 30.3 Å². The van der Waals surface area contributed by atoms with Crippen LogP contribution in [-0.4, -0.2) is 35.6 Å². The molecule has 1 aliphatic heterocycles. The van der Waals surface area contributed by atoms with E-state index in [2.05, 4.69) is 36.5 Å². The van der Waals surface area contributed by atoms with Gasteiger partial charge in [0.1, 0.15) is 11.7 Å². The number of rotatable bonds is 6. The highest BCUT2D eigenvalue weighted by Gasteiger charge is 2.16. The van der Waals surface area contributed by atoms with Crippen molar-refractivity contribution in [1.29, 1.82) is 0 Å². The molecule has 0 unspecified atom stereocenters. The van der Waals surface area contributed by atoms with Crippen LogP contribution in [0.3, 0.4) is 0 Å². The summed E-state index contributed by atoms with van der Waals surface area (Å²) in [4.78, 5) is 34.3. The summed E-state index contributed by atoms with van der Waals surface area (Å²) in [5.41, 5.74) is 2.70. The lowest BCUT2D eigenvalue weighted by molar-refractivity contribution is 0.0992. The summed E-state index contributed by atoms with van der Waals surface area (Å²) in [5.74, 6) is 0.972. The molecule has 0 atom stereocenters. The van der Waals surface area contributed by atoms with E-state index in [-0.39, 0.29) is 25.5 Å². The number of hydrogen-bond acceptors (Lipinski definition) is 5. The molecule has 0 saturated carbocycles. The molecule has 2 heterocycles. The van der Waals surface area contributed by atoms with Gasteiger partial charge < -0.3 is 10.6 Å². The van der Waals surface area contributed by atoms with Gasteiger partial charge in [0.05, 0.1) is 0 Å². The molecule has 3 aromatic rings. The van der Waals surface area contributed by atoms with Crippen molar-refractivity contribution in [3.63, 3.8) is 0 Å². The van der Waals surface area contributed by atoms with Crippen molar-refractivity contribution in [2.75, 3.05) is 18.4 Å². The average molecular weight is 493 g/mol. The van der Waals surface area contributed by atoms with E-state index >= 15 is 0 Å². The normalized spacial score (nSPS) is 12.7. The molecule has 2 N–H and O–H groups in total. The number of hydrogen-bond donors (Lipinski definition) is 2. The third kappa shape index (κ3) is 5.68. The summed E-state index contributed by atoms with van der Waals surface area (Å²) in [6.45, 7) is 1.73. The molecule has 0 aliphatic carbocycles. The summed E-state index contributed by atoms with van der Waals surface area (Å²) in [6.07, 6.45) is 2.78. The molecule has 164 valence electrons. The number of pyridine rings is 1. The molecule has 0 spiro atoms. The van der Waals surface area contributed by atoms with Crippen molar-refractivity contribution in [2.45, 2.75) is 20.3 Å². The number of aromatic nitrogens is 1. The zero-order valence-corrected chi connectivity index (χ0v) is 18.4. The van der Waals surface area contributed by atoms with Gasteiger partial charge in [-0.05, 0) is 46.1 Å². The minimum absolute atomic E-state index is 0. The highest BCUT2D eigenvalue weighted by Crippen LogP contribution is 2.17. The fourth-order valence-corrected chi connectivity index (χ4v) is 3.58. The summed E-state index contributed by atoms with van der Waals surface area (Å²) < 4.78 is 0.828. The maximum atomic E-state index is 12.9. The second-order valence-electron chi connectivity index (χ2n) is 7.16. The van der Waals surface area contributed by atoms with Crippen LogP contribution in [0.1, 0.15) is 45.7 Å². The van der Waals surface area contributed by atoms with Gasteiger partial charge in [-0.3, -0.25) is 14.6 Å². The van der Waals surface area contributed by atoms with E-state index in [1.165, 1.54) is 0 Å². The minimum atomic E-state index is -0.296. The summed E-state index contributed by atoms with van der Waals surface area (Å²) >= 11 is 3.32. The second kappa shape index (κ2) is 10.8. The zero-order chi connectivity index (χ0) is 21.6. The highest BCUT2D eigenvalue weighted by atomic mass is 79.9. The number of halogens is 1. The Morgan fingerprint density at radius 3 is 2.50 bits per heavy atom. The molecular formula is C25H25BrN4O2. The summed E-state index contributed by atoms with van der Waals surface area (Å²) in [5, 5.41) is 6.06. The molecule has 1 aliphatic rings. The number of carbonyl (C=O) groups excluding carboxylic acids is 2. The lowest BCUT2D eigenvalue weighted by Crippen LogP contribution is -2.30. The predicted molar refractivity (Wildman–Crippen MR) is 132 cm³/mol. The maximum absolute atomic E-state index is 12.9. The number of ketones is 1. The van der Waals surface area contributed by atoms with Crippen LogP contribution in [-0.2, 0) is 6.42 Å². The zero-order valence-electron chi connectivity index (χ0n) is 16.8. The molecular weight excluding hydrogens is 468 g/mol. The molecule has 2 aromatic carbocycles. The monoisotopic (exact) mass is 492 g/mol. The molecule has 1 amide bonds. The van der Waals surface area contributed by atoms with Gasteiger partial charge in [0.25, 0.3) is 5.91 Å². The third-order valence-corrected chi connectivity index (χ3v) is 5.43. The first-order valence-electron chi connectivity index (χ1n) is 10.0. The molecule has 32 heavy (non-hydrogen) atoms. The molecule has 1 aromatic heterocycles. The van der Waals surface area contributed by atoms with Gasteiger partial charge in [-0.15, -0.1) is 0 Å². The van der Waals surface area contributed by atoms with Crippen LogP contribution in [0.4, 0.5) is 5.82 Å². The molecule has 0 saturated heterocycles. The van der Waals surface area contributed by atoms with Crippen LogP contribution in [0.15, 0.2) is 76.3 Å². The summed E-state index contributed by atoms with van der Waals surface area (Å²) in [7, 11) is 0. The number of anilines is 1. The Bertz CT molecular complexity index is 1130. The van der Waals surface area contributed by atoms with Gasteiger partial charge in [0.15, 0.2) is 5.78 Å². The van der Waals surface area contributed by atoms with Crippen LogP contribution in [0, 0.1) is 0 Å². The third-order valence-electron chi connectivity index (χ3n) is 4.96. The van der Waals surface area contributed by atoms with Crippen LogP contribution < -0.4 is 10.6 Å². The predicted octanol–water partition coefficient (Wildman–Crippen LogP) is 4.90. The minimum Gasteiger partial charge on any atom is -0.370 e. The van der Waals surface area contributed by atoms with Gasteiger partial charge in [0, 0.05) is 46.9 Å². The Hall–Kier alpha value is -3.32. The van der Waals surface area contributed by atoms with E-state index in [0.29, 0.717) is 22.5 Å². The van der Waals surface area contributed by atoms with E-state index in [1.54, 1.807) is 36.5 Å². The fourth-order valence-electron chi connectivity index (χ4n) is 3.34. The van der Waals surface area contributed by atoms with Crippen LogP contribution in [0.25, 0.3) is 0 Å². The van der Waals surface area contributed by atoms with Crippen molar-refractivity contribution in [1.82, 2.24) is 10.3 Å². The topological polar surface area (TPSA) is 83.5 Å². The Morgan fingerprint density at radius 1 is 1.03 bits per heavy atom. The van der Waals surface area contributed by atoms with E-state index in [4.69, 9.17) is 0 Å². The number of nitrogens with one attached hydrogen (secondary N) is 2. The van der Waals surface area contributed by atoms with Crippen LogP contribution >= 0.6 is 15.9 Å². The van der Waals surface area contributed by atoms with Gasteiger partial charge in [-0.25, -0.2) is 4.98 Å². The Morgan fingerprint density at radius 2 is 1.81 bits per heavy atom. The second-order valence-corrected chi connectivity index (χ2v) is 8.08. The van der Waals surface area contributed by atoms with Crippen molar-refractivity contribution in [3.8, 4) is 0 Å². The van der Waals surface area contributed by atoms with Gasteiger partial charge in [-0.2, -0.15) is 0 Å². The first-order chi connectivity index (χ1) is 15.1. The lowest BCUT2D eigenvalue weighted by atomic mass is 9.97. The maximum Gasteiger partial charge on any atom is 0.257 e. The van der Waals surface area contributed by atoms with E-state index in [0.717, 1.165) is 35.4 Å². The molecule has 4 rings (SSSR count). The average Bonchev–Trinajstić information content (AvgIpc) is 2.81. The number of amides is 1. The summed E-state index contributed by atoms with van der Waals surface area (Å²) in [6, 6.07) is 18.1.